The summed E-state index contributed by atoms with van der Waals surface area (Å²) in [6.45, 7) is 7.71. The average Bonchev–Trinajstić information content (AvgIpc) is 3.32. The van der Waals surface area contributed by atoms with Gasteiger partial charge in [-0.15, -0.1) is 0 Å². The fourth-order valence-electron chi connectivity index (χ4n) is 4.28. The van der Waals surface area contributed by atoms with Crippen molar-refractivity contribution in [2.45, 2.75) is 96.4 Å². The molecule has 0 spiro atoms. The Morgan fingerprint density at radius 3 is 1.97 bits per heavy atom. The van der Waals surface area contributed by atoms with Gasteiger partial charge >= 0.3 is 0 Å². The van der Waals surface area contributed by atoms with Crippen molar-refractivity contribution < 1.29 is 28.8 Å². The van der Waals surface area contributed by atoms with Gasteiger partial charge in [0.25, 0.3) is 0 Å². The summed E-state index contributed by atoms with van der Waals surface area (Å²) in [5.41, 5.74) is 16.7. The standard InChI is InChI=1S/C25H45N7O6/c1-14(2)20(31-24(37)21(15(3)4)30-22(35)17(27)9-5-6-10-26)23(36)29-18(12-19(28)34)25(38)32-11-7-8-16(32)13-33/h13-18,20-21H,5-12,26-27H2,1-4H3,(H2,28,34)(H,29,36)(H,30,35)(H,31,37)/t16-,17-,18-,20-,21-/m0/s1. The minimum atomic E-state index is -1.29. The lowest BCUT2D eigenvalue weighted by atomic mass is 9.98. The molecule has 0 bridgehead atoms. The number of primary amides is 1. The first-order valence-corrected chi connectivity index (χ1v) is 13.2. The van der Waals surface area contributed by atoms with Crippen LogP contribution in [0.3, 0.4) is 0 Å². The van der Waals surface area contributed by atoms with E-state index in [-0.39, 0.29) is 5.92 Å². The molecule has 1 aliphatic rings. The number of unbranched alkanes of at least 4 members (excludes halogenated alkanes) is 1. The number of carbonyl (C=O) groups is 6. The Labute approximate surface area is 224 Å². The largest absolute Gasteiger partial charge is 0.370 e. The van der Waals surface area contributed by atoms with Crippen LogP contribution in [0.2, 0.25) is 0 Å². The summed E-state index contributed by atoms with van der Waals surface area (Å²) in [6, 6.07) is -4.76. The summed E-state index contributed by atoms with van der Waals surface area (Å²) < 4.78 is 0. The number of hydrogen-bond acceptors (Lipinski definition) is 8. The van der Waals surface area contributed by atoms with Crippen LogP contribution >= 0.6 is 0 Å². The fraction of sp³-hybridized carbons (Fsp3) is 0.760. The molecule has 1 rings (SSSR count). The zero-order valence-corrected chi connectivity index (χ0v) is 22.9. The maximum absolute atomic E-state index is 13.2. The van der Waals surface area contributed by atoms with Crippen LogP contribution in [0.15, 0.2) is 0 Å². The summed E-state index contributed by atoms with van der Waals surface area (Å²) in [5, 5.41) is 7.86. The molecule has 9 N–H and O–H groups in total. The second-order valence-electron chi connectivity index (χ2n) is 10.5. The molecule has 5 atom stereocenters. The first-order chi connectivity index (χ1) is 17.8. The van der Waals surface area contributed by atoms with Crippen LogP contribution in [0.5, 0.6) is 0 Å². The van der Waals surface area contributed by atoms with Gasteiger partial charge in [0.05, 0.1) is 18.5 Å². The monoisotopic (exact) mass is 539 g/mol. The lowest BCUT2D eigenvalue weighted by Gasteiger charge is -2.30. The topological polar surface area (TPSA) is 220 Å². The minimum absolute atomic E-state index is 0.314. The Morgan fingerprint density at radius 2 is 1.47 bits per heavy atom. The smallest absolute Gasteiger partial charge is 0.246 e. The van der Waals surface area contributed by atoms with Crippen LogP contribution in [0.1, 0.15) is 66.2 Å². The highest BCUT2D eigenvalue weighted by Crippen LogP contribution is 2.18. The maximum atomic E-state index is 13.2. The van der Waals surface area contributed by atoms with Gasteiger partial charge in [-0.1, -0.05) is 34.1 Å². The van der Waals surface area contributed by atoms with Crippen molar-refractivity contribution in [3.05, 3.63) is 0 Å². The summed E-state index contributed by atoms with van der Waals surface area (Å²) in [7, 11) is 0. The molecule has 13 heteroatoms. The highest BCUT2D eigenvalue weighted by atomic mass is 16.2. The van der Waals surface area contributed by atoms with Gasteiger partial charge in [0.15, 0.2) is 0 Å². The van der Waals surface area contributed by atoms with E-state index in [4.69, 9.17) is 17.2 Å². The van der Waals surface area contributed by atoms with Crippen molar-refractivity contribution in [1.82, 2.24) is 20.9 Å². The summed E-state index contributed by atoms with van der Waals surface area (Å²) >= 11 is 0. The van der Waals surface area contributed by atoms with Crippen molar-refractivity contribution in [2.24, 2.45) is 29.0 Å². The first kappa shape index (κ1) is 33.0. The number of nitrogens with one attached hydrogen (secondary N) is 3. The molecule has 0 aromatic heterocycles. The normalized spacial score (nSPS) is 18.4. The zero-order valence-electron chi connectivity index (χ0n) is 22.9. The summed E-state index contributed by atoms with van der Waals surface area (Å²) in [5.74, 6) is -3.87. The van der Waals surface area contributed by atoms with Crippen LogP contribution in [-0.2, 0) is 28.8 Å². The molecule has 1 saturated heterocycles. The average molecular weight is 540 g/mol. The molecule has 5 amide bonds. The molecule has 216 valence electrons. The number of carbonyl (C=O) groups excluding carboxylic acids is 6. The van der Waals surface area contributed by atoms with Crippen molar-refractivity contribution in [1.29, 1.82) is 0 Å². The molecule has 1 aliphatic heterocycles. The van der Waals surface area contributed by atoms with E-state index in [9.17, 15) is 28.8 Å². The van der Waals surface area contributed by atoms with Crippen molar-refractivity contribution in [3.8, 4) is 0 Å². The van der Waals surface area contributed by atoms with Gasteiger partial charge in [0, 0.05) is 6.54 Å². The number of nitrogens with two attached hydrogens (primary N) is 3. The Bertz CT molecular complexity index is 850. The predicted molar refractivity (Wildman–Crippen MR) is 141 cm³/mol. The van der Waals surface area contributed by atoms with Crippen LogP contribution in [0, 0.1) is 11.8 Å². The highest BCUT2D eigenvalue weighted by molar-refractivity contribution is 5.96. The molecule has 1 heterocycles. The Morgan fingerprint density at radius 1 is 0.921 bits per heavy atom. The van der Waals surface area contributed by atoms with Crippen LogP contribution in [0.25, 0.3) is 0 Å². The van der Waals surface area contributed by atoms with Gasteiger partial charge in [0.1, 0.15) is 24.4 Å². The predicted octanol–water partition coefficient (Wildman–Crippen LogP) is -1.73. The van der Waals surface area contributed by atoms with Crippen LogP contribution < -0.4 is 33.2 Å². The molecule has 0 radical (unpaired) electrons. The van der Waals surface area contributed by atoms with E-state index < -0.39 is 72.1 Å². The number of nitrogens with zero attached hydrogens (tertiary/aromatic N) is 1. The molecular weight excluding hydrogens is 494 g/mol. The highest BCUT2D eigenvalue weighted by Gasteiger charge is 2.37. The number of aldehydes is 1. The van der Waals surface area contributed by atoms with Gasteiger partial charge in [-0.2, -0.15) is 0 Å². The van der Waals surface area contributed by atoms with Gasteiger partial charge in [-0.05, 0) is 44.1 Å². The Kier molecular flexibility index (Phi) is 13.9. The van der Waals surface area contributed by atoms with Gasteiger partial charge in [-0.25, -0.2) is 0 Å². The summed E-state index contributed by atoms with van der Waals surface area (Å²) in [4.78, 5) is 76.3. The molecule has 38 heavy (non-hydrogen) atoms. The second-order valence-corrected chi connectivity index (χ2v) is 10.5. The molecule has 0 unspecified atom stereocenters. The minimum Gasteiger partial charge on any atom is -0.370 e. The Balaban J connectivity index is 2.98. The quantitative estimate of drug-likeness (QED) is 0.0975. The third-order valence-corrected chi connectivity index (χ3v) is 6.56. The number of likely N-dealkylation sites (tertiary alicyclic amines) is 1. The second kappa shape index (κ2) is 16.0. The third-order valence-electron chi connectivity index (χ3n) is 6.56. The molecule has 0 aromatic carbocycles. The van der Waals surface area contributed by atoms with Crippen molar-refractivity contribution >= 4 is 35.8 Å². The van der Waals surface area contributed by atoms with Gasteiger partial charge in [0.2, 0.25) is 29.5 Å². The Hall–Kier alpha value is -3.06. The van der Waals surface area contributed by atoms with Crippen LogP contribution in [0.4, 0.5) is 0 Å². The molecule has 0 aromatic rings. The number of amides is 5. The molecule has 13 nitrogen and oxygen atoms in total. The SMILES string of the molecule is CC(C)[C@H](NC(=O)[C@@H](NC(=O)[C@@H](N)CCCCN)C(C)C)C(=O)N[C@@H](CC(N)=O)C(=O)N1CCC[C@H]1C=O. The lowest BCUT2D eigenvalue weighted by Crippen LogP contribution is -2.60. The van der Waals surface area contributed by atoms with E-state index in [1.54, 1.807) is 27.7 Å². The summed E-state index contributed by atoms with van der Waals surface area (Å²) in [6.07, 6.45) is 3.15. The molecule has 1 fully saturated rings. The number of hydrogen-bond donors (Lipinski definition) is 6. The fourth-order valence-corrected chi connectivity index (χ4v) is 4.28. The zero-order chi connectivity index (χ0) is 29.0. The van der Waals surface area contributed by atoms with Crippen LogP contribution in [-0.4, -0.2) is 84.0 Å². The van der Waals surface area contributed by atoms with E-state index in [2.05, 4.69) is 16.0 Å². The van der Waals surface area contributed by atoms with E-state index in [1.165, 1.54) is 4.90 Å². The number of rotatable bonds is 16. The van der Waals surface area contributed by atoms with E-state index in [0.29, 0.717) is 45.1 Å². The van der Waals surface area contributed by atoms with Crippen molar-refractivity contribution in [2.75, 3.05) is 13.1 Å². The molecule has 0 saturated carbocycles. The first-order valence-electron chi connectivity index (χ1n) is 13.2. The molecular formula is C25H45N7O6. The van der Waals surface area contributed by atoms with Gasteiger partial charge < -0.3 is 42.8 Å². The lowest BCUT2D eigenvalue weighted by molar-refractivity contribution is -0.141. The van der Waals surface area contributed by atoms with E-state index in [0.717, 1.165) is 6.42 Å². The third kappa shape index (κ3) is 10.0. The van der Waals surface area contributed by atoms with Crippen molar-refractivity contribution in [3.63, 3.8) is 0 Å². The van der Waals surface area contributed by atoms with E-state index in [1.807, 2.05) is 0 Å². The van der Waals surface area contributed by atoms with Gasteiger partial charge in [-0.3, -0.25) is 24.0 Å². The maximum Gasteiger partial charge on any atom is 0.246 e. The molecule has 0 aliphatic carbocycles. The van der Waals surface area contributed by atoms with E-state index >= 15 is 0 Å².